The van der Waals surface area contributed by atoms with Crippen molar-refractivity contribution >= 4 is 11.5 Å². The van der Waals surface area contributed by atoms with Crippen LogP contribution in [0.25, 0.3) is 5.57 Å². The van der Waals surface area contributed by atoms with E-state index in [1.165, 1.54) is 74.7 Å². The van der Waals surface area contributed by atoms with Crippen molar-refractivity contribution in [2.75, 3.05) is 19.6 Å². The van der Waals surface area contributed by atoms with Crippen molar-refractivity contribution in [2.45, 2.75) is 123 Å². The lowest BCUT2D eigenvalue weighted by Crippen LogP contribution is -2.33. The van der Waals surface area contributed by atoms with Gasteiger partial charge in [0.25, 0.3) is 0 Å². The normalized spacial score (nSPS) is 20.0. The number of benzene rings is 1. The summed E-state index contributed by atoms with van der Waals surface area (Å²) in [6, 6.07) is 4.37. The molecule has 0 amide bonds. The number of allylic oxidation sites excluding steroid dienone is 1. The summed E-state index contributed by atoms with van der Waals surface area (Å²) in [6.07, 6.45) is 15.9. The third-order valence-corrected chi connectivity index (χ3v) is 8.49. The number of unbranched alkanes of at least 4 members (excludes halogenated alkanes) is 2. The van der Waals surface area contributed by atoms with Crippen molar-refractivity contribution in [1.82, 2.24) is 4.90 Å². The van der Waals surface area contributed by atoms with Crippen LogP contribution in [0.3, 0.4) is 0 Å². The number of hydrogen-bond donors (Lipinski definition) is 0. The van der Waals surface area contributed by atoms with Gasteiger partial charge < -0.3 is 14.4 Å². The molecule has 3 aliphatic rings. The van der Waals surface area contributed by atoms with Gasteiger partial charge in [0.05, 0.1) is 5.56 Å². The first-order valence-electron chi connectivity index (χ1n) is 14.9. The van der Waals surface area contributed by atoms with Crippen LogP contribution in [-0.4, -0.2) is 36.1 Å². The Morgan fingerprint density at radius 1 is 1.06 bits per heavy atom. The minimum Gasteiger partial charge on any atom is -0.483 e. The molecule has 0 aromatic heterocycles. The molecule has 200 valence electrons. The minimum atomic E-state index is -0.291. The van der Waals surface area contributed by atoms with Gasteiger partial charge in [-0.2, -0.15) is 0 Å². The molecule has 0 radical (unpaired) electrons. The van der Waals surface area contributed by atoms with Crippen LogP contribution in [0.1, 0.15) is 122 Å². The molecule has 1 saturated heterocycles. The topological polar surface area (TPSA) is 38.8 Å². The van der Waals surface area contributed by atoms with E-state index >= 15 is 0 Å². The van der Waals surface area contributed by atoms with Crippen LogP contribution >= 0.6 is 0 Å². The van der Waals surface area contributed by atoms with Gasteiger partial charge in [-0.1, -0.05) is 46.0 Å². The Morgan fingerprint density at radius 3 is 2.64 bits per heavy atom. The van der Waals surface area contributed by atoms with Gasteiger partial charge >= 0.3 is 5.97 Å². The number of carbonyl (C=O) groups is 1. The van der Waals surface area contributed by atoms with Crippen molar-refractivity contribution < 1.29 is 14.3 Å². The number of aryl methyl sites for hydroxylation is 1. The number of ether oxygens (including phenoxy) is 2. The van der Waals surface area contributed by atoms with Crippen LogP contribution in [0.5, 0.6) is 11.5 Å². The predicted molar refractivity (Wildman–Crippen MR) is 149 cm³/mol. The molecule has 4 heteroatoms. The summed E-state index contributed by atoms with van der Waals surface area (Å²) >= 11 is 0. The highest BCUT2D eigenvalue weighted by Gasteiger charge is 2.39. The Labute approximate surface area is 219 Å². The predicted octanol–water partition coefficient (Wildman–Crippen LogP) is 8.12. The van der Waals surface area contributed by atoms with Crippen LogP contribution in [0, 0.1) is 5.92 Å². The standard InChI is InChI=1S/C32H49NO3/c1-5-6-8-13-24(2)17-18-25-22-28(35-30(34)16-12-21-33-19-9-7-10-20-33)31-26-14-11-15-27(26)32(3,4)36-29(31)23-25/h22-24H,5-21H2,1-4H3. The van der Waals surface area contributed by atoms with Gasteiger partial charge in [-0.15, -0.1) is 0 Å². The maximum Gasteiger partial charge on any atom is 0.311 e. The second-order valence-electron chi connectivity index (χ2n) is 12.0. The first-order chi connectivity index (χ1) is 17.4. The van der Waals surface area contributed by atoms with Crippen LogP contribution in [0.4, 0.5) is 0 Å². The molecule has 1 aliphatic carbocycles. The summed E-state index contributed by atoms with van der Waals surface area (Å²) in [7, 11) is 0. The number of carbonyl (C=O) groups excluding carboxylic acids is 1. The second-order valence-corrected chi connectivity index (χ2v) is 12.0. The number of nitrogens with zero attached hydrogens (tertiary/aromatic N) is 1. The van der Waals surface area contributed by atoms with Crippen LogP contribution < -0.4 is 9.47 Å². The zero-order chi connectivity index (χ0) is 25.5. The fourth-order valence-electron chi connectivity index (χ4n) is 6.37. The molecule has 2 aliphatic heterocycles. The Balaban J connectivity index is 1.48. The van der Waals surface area contributed by atoms with Gasteiger partial charge in [-0.05, 0) is 120 Å². The largest absolute Gasteiger partial charge is 0.483 e. The molecule has 1 aromatic rings. The lowest BCUT2D eigenvalue weighted by molar-refractivity contribution is -0.134. The summed E-state index contributed by atoms with van der Waals surface area (Å²) in [4.78, 5) is 15.5. The quantitative estimate of drug-likeness (QED) is 0.167. The zero-order valence-corrected chi connectivity index (χ0v) is 23.4. The van der Waals surface area contributed by atoms with E-state index in [1.807, 2.05) is 0 Å². The summed E-state index contributed by atoms with van der Waals surface area (Å²) in [6.45, 7) is 12.3. The van der Waals surface area contributed by atoms with Crippen LogP contribution in [0.2, 0.25) is 0 Å². The van der Waals surface area contributed by atoms with E-state index in [9.17, 15) is 4.79 Å². The highest BCUT2D eigenvalue weighted by atomic mass is 16.5. The molecule has 4 nitrogen and oxygen atoms in total. The van der Waals surface area contributed by atoms with E-state index in [2.05, 4.69) is 44.7 Å². The van der Waals surface area contributed by atoms with E-state index in [0.717, 1.165) is 62.1 Å². The number of fused-ring (bicyclic) bond motifs is 2. The van der Waals surface area contributed by atoms with Gasteiger partial charge in [-0.3, -0.25) is 4.79 Å². The summed E-state index contributed by atoms with van der Waals surface area (Å²) < 4.78 is 12.7. The molecule has 0 N–H and O–H groups in total. The third-order valence-electron chi connectivity index (χ3n) is 8.49. The molecular formula is C32H49NO3. The minimum absolute atomic E-state index is 0.107. The molecule has 1 fully saturated rings. The van der Waals surface area contributed by atoms with E-state index in [1.54, 1.807) is 0 Å². The number of likely N-dealkylation sites (tertiary alicyclic amines) is 1. The van der Waals surface area contributed by atoms with E-state index in [-0.39, 0.29) is 11.6 Å². The smallest absolute Gasteiger partial charge is 0.311 e. The Bertz CT molecular complexity index is 926. The van der Waals surface area contributed by atoms with Gasteiger partial charge in [-0.25, -0.2) is 0 Å². The molecule has 1 aromatic carbocycles. The Kier molecular flexibility index (Phi) is 9.55. The lowest BCUT2D eigenvalue weighted by Gasteiger charge is -2.35. The van der Waals surface area contributed by atoms with Gasteiger partial charge in [0.15, 0.2) is 0 Å². The van der Waals surface area contributed by atoms with Crippen LogP contribution in [0.15, 0.2) is 17.7 Å². The van der Waals surface area contributed by atoms with E-state index in [0.29, 0.717) is 12.3 Å². The summed E-state index contributed by atoms with van der Waals surface area (Å²) in [5, 5.41) is 0. The maximum atomic E-state index is 13.0. The third kappa shape index (κ3) is 6.94. The van der Waals surface area contributed by atoms with Crippen molar-refractivity contribution in [3.05, 3.63) is 28.8 Å². The van der Waals surface area contributed by atoms with E-state index in [4.69, 9.17) is 9.47 Å². The monoisotopic (exact) mass is 495 g/mol. The molecule has 36 heavy (non-hydrogen) atoms. The first kappa shape index (κ1) is 27.2. The highest BCUT2D eigenvalue weighted by Crippen LogP contribution is 2.52. The maximum absolute atomic E-state index is 13.0. The van der Waals surface area contributed by atoms with Crippen molar-refractivity contribution in [3.63, 3.8) is 0 Å². The highest BCUT2D eigenvalue weighted by molar-refractivity contribution is 5.84. The zero-order valence-electron chi connectivity index (χ0n) is 23.4. The average molecular weight is 496 g/mol. The van der Waals surface area contributed by atoms with Crippen molar-refractivity contribution in [2.24, 2.45) is 5.92 Å². The molecule has 2 heterocycles. The number of hydrogen-bond acceptors (Lipinski definition) is 4. The summed E-state index contributed by atoms with van der Waals surface area (Å²) in [5.41, 5.74) is 4.73. The summed E-state index contributed by atoms with van der Waals surface area (Å²) in [5.74, 6) is 2.24. The van der Waals surface area contributed by atoms with Crippen molar-refractivity contribution in [3.8, 4) is 11.5 Å². The van der Waals surface area contributed by atoms with E-state index < -0.39 is 0 Å². The van der Waals surface area contributed by atoms with Gasteiger partial charge in [0, 0.05) is 6.42 Å². The molecule has 1 unspecified atom stereocenters. The van der Waals surface area contributed by atoms with Crippen LogP contribution in [-0.2, 0) is 11.2 Å². The SMILES string of the molecule is CCCCCC(C)CCc1cc(OC(=O)CCCN2CCCCC2)c2c(c1)OC(C)(C)C1=C2CCC1. The van der Waals surface area contributed by atoms with Gasteiger partial charge in [0.2, 0.25) is 0 Å². The molecule has 0 bridgehead atoms. The first-order valence-corrected chi connectivity index (χ1v) is 14.9. The molecular weight excluding hydrogens is 446 g/mol. The average Bonchev–Trinajstić information content (AvgIpc) is 3.34. The Hall–Kier alpha value is -1.81. The number of rotatable bonds is 12. The molecule has 4 rings (SSSR count). The van der Waals surface area contributed by atoms with Crippen molar-refractivity contribution in [1.29, 1.82) is 0 Å². The molecule has 0 saturated carbocycles. The number of piperidine rings is 1. The van der Waals surface area contributed by atoms with Gasteiger partial charge in [0.1, 0.15) is 17.1 Å². The fourth-order valence-corrected chi connectivity index (χ4v) is 6.37. The molecule has 1 atom stereocenters. The fraction of sp³-hybridized carbons (Fsp3) is 0.719. The molecule has 0 spiro atoms. The Morgan fingerprint density at radius 2 is 1.86 bits per heavy atom. The number of esters is 1. The lowest BCUT2D eigenvalue weighted by atomic mass is 9.86. The second kappa shape index (κ2) is 12.6.